The predicted molar refractivity (Wildman–Crippen MR) is 96.5 cm³/mol. The van der Waals surface area contributed by atoms with Crippen LogP contribution >= 0.6 is 0 Å². The zero-order valence-electron chi connectivity index (χ0n) is 14.0. The average Bonchev–Trinajstić information content (AvgIpc) is 2.66. The lowest BCUT2D eigenvalue weighted by atomic mass is 9.80. The number of rotatable bonds is 3. The third-order valence-corrected chi connectivity index (χ3v) is 7.36. The molecule has 5 heteroatoms. The number of ketones is 1. The molecule has 0 radical (unpaired) electrons. The number of benzene rings is 2. The molecule has 0 aromatic heterocycles. The highest BCUT2D eigenvalue weighted by atomic mass is 32.2. The molecule has 2 atom stereocenters. The first kappa shape index (κ1) is 16.5. The van der Waals surface area contributed by atoms with E-state index in [0.717, 1.165) is 18.4 Å². The van der Waals surface area contributed by atoms with Gasteiger partial charge >= 0.3 is 0 Å². The molecule has 2 bridgehead atoms. The monoisotopic (exact) mass is 355 g/mol. The van der Waals surface area contributed by atoms with Crippen LogP contribution in [0.4, 0.5) is 0 Å². The van der Waals surface area contributed by atoms with Crippen LogP contribution in [0, 0.1) is 5.92 Å². The Morgan fingerprint density at radius 1 is 0.920 bits per heavy atom. The van der Waals surface area contributed by atoms with E-state index in [9.17, 15) is 13.2 Å². The molecule has 2 fully saturated rings. The summed E-state index contributed by atoms with van der Waals surface area (Å²) in [6.07, 6.45) is 2.92. The van der Waals surface area contributed by atoms with E-state index >= 15 is 0 Å². The molecular formula is C20H21NO3S. The van der Waals surface area contributed by atoms with Crippen LogP contribution < -0.4 is 0 Å². The second-order valence-corrected chi connectivity index (χ2v) is 8.75. The molecule has 1 aliphatic carbocycles. The molecule has 4 rings (SSSR count). The first-order valence-electron chi connectivity index (χ1n) is 8.76. The number of fused-ring (bicyclic) bond motifs is 2. The first-order chi connectivity index (χ1) is 12.1. The van der Waals surface area contributed by atoms with Gasteiger partial charge in [-0.05, 0) is 36.8 Å². The zero-order valence-corrected chi connectivity index (χ0v) is 14.8. The van der Waals surface area contributed by atoms with Crippen LogP contribution in [0.5, 0.6) is 0 Å². The fourth-order valence-corrected chi connectivity index (χ4v) is 5.90. The van der Waals surface area contributed by atoms with Gasteiger partial charge in [-0.2, -0.15) is 4.31 Å². The molecule has 130 valence electrons. The number of piperidine rings is 1. The van der Waals surface area contributed by atoms with Gasteiger partial charge in [0.15, 0.2) is 5.78 Å². The number of Topliss-reactive ketones (excluding diaryl/α,β-unsaturated/α-hetero) is 1. The SMILES string of the molecule is O=C1CCC2CCN(S(=O)(=O)c3ccccc3-c3ccccc3)C1C2. The molecule has 2 aromatic carbocycles. The van der Waals surface area contributed by atoms with E-state index in [1.54, 1.807) is 12.1 Å². The number of hydrogen-bond acceptors (Lipinski definition) is 3. The molecule has 25 heavy (non-hydrogen) atoms. The maximum atomic E-state index is 13.4. The molecule has 2 unspecified atom stereocenters. The van der Waals surface area contributed by atoms with Crippen molar-refractivity contribution in [1.82, 2.24) is 4.31 Å². The van der Waals surface area contributed by atoms with E-state index < -0.39 is 16.1 Å². The third kappa shape index (κ3) is 2.92. The van der Waals surface area contributed by atoms with Gasteiger partial charge < -0.3 is 0 Å². The Bertz CT molecular complexity index is 892. The van der Waals surface area contributed by atoms with Crippen molar-refractivity contribution in [3.8, 4) is 11.1 Å². The molecule has 1 heterocycles. The van der Waals surface area contributed by atoms with Crippen LogP contribution in [-0.2, 0) is 14.8 Å². The summed E-state index contributed by atoms with van der Waals surface area (Å²) in [5, 5.41) is 0. The van der Waals surface area contributed by atoms with Crippen molar-refractivity contribution < 1.29 is 13.2 Å². The van der Waals surface area contributed by atoms with E-state index in [1.807, 2.05) is 42.5 Å². The van der Waals surface area contributed by atoms with Crippen molar-refractivity contribution >= 4 is 15.8 Å². The maximum absolute atomic E-state index is 13.4. The number of nitrogens with zero attached hydrogens (tertiary/aromatic N) is 1. The van der Waals surface area contributed by atoms with Crippen LogP contribution in [0.25, 0.3) is 11.1 Å². The van der Waals surface area contributed by atoms with Crippen LogP contribution in [0.1, 0.15) is 25.7 Å². The van der Waals surface area contributed by atoms with E-state index in [2.05, 4.69) is 0 Å². The predicted octanol–water partition coefficient (Wildman–Crippen LogP) is 3.49. The van der Waals surface area contributed by atoms with Crippen LogP contribution in [-0.4, -0.2) is 31.1 Å². The maximum Gasteiger partial charge on any atom is 0.244 e. The Balaban J connectivity index is 1.78. The van der Waals surface area contributed by atoms with Crippen LogP contribution in [0.3, 0.4) is 0 Å². The summed E-state index contributed by atoms with van der Waals surface area (Å²) < 4.78 is 28.3. The molecule has 1 saturated carbocycles. The van der Waals surface area contributed by atoms with Crippen LogP contribution in [0.2, 0.25) is 0 Å². The quantitative estimate of drug-likeness (QED) is 0.847. The summed E-state index contributed by atoms with van der Waals surface area (Å²) in [5.74, 6) is 0.551. The Morgan fingerprint density at radius 2 is 1.64 bits per heavy atom. The number of carbonyl (C=O) groups is 1. The number of carbonyl (C=O) groups excluding carboxylic acids is 1. The van der Waals surface area contributed by atoms with Crippen molar-refractivity contribution in [3.63, 3.8) is 0 Å². The van der Waals surface area contributed by atoms with Crippen molar-refractivity contribution in [1.29, 1.82) is 0 Å². The second-order valence-electron chi connectivity index (χ2n) is 6.89. The lowest BCUT2D eigenvalue weighted by Crippen LogP contribution is -2.52. The summed E-state index contributed by atoms with van der Waals surface area (Å²) in [5.41, 5.74) is 1.56. The highest BCUT2D eigenvalue weighted by Crippen LogP contribution is 2.37. The van der Waals surface area contributed by atoms with Crippen LogP contribution in [0.15, 0.2) is 59.5 Å². The minimum atomic E-state index is -3.71. The summed E-state index contributed by atoms with van der Waals surface area (Å²) in [4.78, 5) is 12.6. The summed E-state index contributed by atoms with van der Waals surface area (Å²) in [6, 6.07) is 16.1. The van der Waals surface area contributed by atoms with Gasteiger partial charge in [-0.15, -0.1) is 0 Å². The highest BCUT2D eigenvalue weighted by Gasteiger charge is 2.43. The number of sulfonamides is 1. The molecule has 2 aliphatic rings. The molecule has 1 aliphatic heterocycles. The van der Waals surface area contributed by atoms with Crippen molar-refractivity contribution in [3.05, 3.63) is 54.6 Å². The van der Waals surface area contributed by atoms with Gasteiger partial charge in [-0.25, -0.2) is 8.42 Å². The lowest BCUT2D eigenvalue weighted by molar-refractivity contribution is -0.126. The normalized spacial score (nSPS) is 24.2. The summed E-state index contributed by atoms with van der Waals surface area (Å²) in [6.45, 7) is 0.437. The van der Waals surface area contributed by atoms with E-state index in [0.29, 0.717) is 30.9 Å². The standard InChI is InChI=1S/C20H21NO3S/c22-19-11-10-15-12-13-21(18(19)14-15)25(23,24)20-9-5-4-8-17(20)16-6-2-1-3-7-16/h1-9,15,18H,10-14H2. The minimum absolute atomic E-state index is 0.0664. The van der Waals surface area contributed by atoms with E-state index in [4.69, 9.17) is 0 Å². The Morgan fingerprint density at radius 3 is 2.44 bits per heavy atom. The van der Waals surface area contributed by atoms with Gasteiger partial charge in [0.25, 0.3) is 0 Å². The smallest absolute Gasteiger partial charge is 0.244 e. The molecule has 4 nitrogen and oxygen atoms in total. The molecule has 2 aromatic rings. The fourth-order valence-electron chi connectivity index (χ4n) is 4.05. The Hall–Kier alpha value is -1.98. The lowest BCUT2D eigenvalue weighted by Gasteiger charge is -2.41. The van der Waals surface area contributed by atoms with Gasteiger partial charge in [0.2, 0.25) is 10.0 Å². The topological polar surface area (TPSA) is 54.5 Å². The van der Waals surface area contributed by atoms with Gasteiger partial charge in [-0.3, -0.25) is 4.79 Å². The van der Waals surface area contributed by atoms with Gasteiger partial charge in [0.05, 0.1) is 10.9 Å². The van der Waals surface area contributed by atoms with Crippen molar-refractivity contribution in [2.24, 2.45) is 5.92 Å². The number of hydrogen-bond donors (Lipinski definition) is 0. The minimum Gasteiger partial charge on any atom is -0.298 e. The van der Waals surface area contributed by atoms with Gasteiger partial charge in [0.1, 0.15) is 0 Å². The molecule has 0 spiro atoms. The summed E-state index contributed by atoms with van der Waals surface area (Å²) >= 11 is 0. The fraction of sp³-hybridized carbons (Fsp3) is 0.350. The van der Waals surface area contributed by atoms with Crippen molar-refractivity contribution in [2.45, 2.75) is 36.6 Å². The molecular weight excluding hydrogens is 334 g/mol. The molecule has 0 N–H and O–H groups in total. The first-order valence-corrected chi connectivity index (χ1v) is 10.2. The van der Waals surface area contributed by atoms with Gasteiger partial charge in [-0.1, -0.05) is 48.5 Å². The molecule has 1 saturated heterocycles. The third-order valence-electron chi connectivity index (χ3n) is 5.39. The Labute approximate surface area is 148 Å². The Kier molecular flexibility index (Phi) is 4.21. The van der Waals surface area contributed by atoms with Gasteiger partial charge in [0, 0.05) is 18.5 Å². The largest absolute Gasteiger partial charge is 0.298 e. The van der Waals surface area contributed by atoms with E-state index in [1.165, 1.54) is 4.31 Å². The van der Waals surface area contributed by atoms with Crippen molar-refractivity contribution in [2.75, 3.05) is 6.54 Å². The molecule has 0 amide bonds. The highest BCUT2D eigenvalue weighted by molar-refractivity contribution is 7.89. The summed E-state index contributed by atoms with van der Waals surface area (Å²) in [7, 11) is -3.71. The zero-order chi connectivity index (χ0) is 17.4. The average molecular weight is 355 g/mol. The second kappa shape index (κ2) is 6.39. The van der Waals surface area contributed by atoms with E-state index in [-0.39, 0.29) is 10.7 Å².